The Morgan fingerprint density at radius 3 is 1.07 bits per heavy atom. The monoisotopic (exact) mass is 611 g/mol. The summed E-state index contributed by atoms with van der Waals surface area (Å²) in [6.45, 7) is 8.52. The topological polar surface area (TPSA) is 64.8 Å². The van der Waals surface area contributed by atoms with Crippen molar-refractivity contribution in [2.45, 2.75) is 194 Å². The van der Waals surface area contributed by atoms with Gasteiger partial charge in [0, 0.05) is 19.6 Å². The van der Waals surface area contributed by atoms with E-state index in [-0.39, 0.29) is 12.5 Å². The van der Waals surface area contributed by atoms with Gasteiger partial charge < -0.3 is 20.1 Å². The van der Waals surface area contributed by atoms with E-state index in [9.17, 15) is 4.79 Å². The van der Waals surface area contributed by atoms with E-state index < -0.39 is 0 Å². The van der Waals surface area contributed by atoms with Crippen LogP contribution in [0.2, 0.25) is 0 Å². The summed E-state index contributed by atoms with van der Waals surface area (Å²) in [5, 5.41) is 0. The molecule has 0 saturated carbocycles. The molecule has 258 valence electrons. The molecule has 0 rings (SSSR count). The highest BCUT2D eigenvalue weighted by Gasteiger charge is 2.13. The molecule has 0 aromatic rings. The van der Waals surface area contributed by atoms with Gasteiger partial charge in [-0.1, -0.05) is 181 Å². The fraction of sp³-hybridized carbons (Fsp3) is 0.974. The molecule has 0 aromatic carbocycles. The third-order valence-corrected chi connectivity index (χ3v) is 8.78. The number of nitrogens with zero attached hydrogens (tertiary/aromatic N) is 1. The molecule has 0 unspecified atom stereocenters. The Morgan fingerprint density at radius 2 is 0.744 bits per heavy atom. The number of nitrogens with two attached hydrogens (primary N) is 1. The van der Waals surface area contributed by atoms with Crippen LogP contribution in [-0.4, -0.2) is 56.9 Å². The molecule has 5 heteroatoms. The summed E-state index contributed by atoms with van der Waals surface area (Å²) < 4.78 is 11.0. The van der Waals surface area contributed by atoms with Crippen LogP contribution in [-0.2, 0) is 14.3 Å². The fourth-order valence-corrected chi connectivity index (χ4v) is 5.91. The summed E-state index contributed by atoms with van der Waals surface area (Å²) in [6.07, 6.45) is 38.1. The molecule has 0 aliphatic carbocycles. The highest BCUT2D eigenvalue weighted by molar-refractivity contribution is 5.77. The second kappa shape index (κ2) is 37.5. The maximum absolute atomic E-state index is 12.9. The molecular formula is C38H78N2O3. The molecule has 0 saturated heterocycles. The van der Waals surface area contributed by atoms with E-state index in [4.69, 9.17) is 15.2 Å². The summed E-state index contributed by atoms with van der Waals surface area (Å²) >= 11 is 0. The van der Waals surface area contributed by atoms with Gasteiger partial charge in [-0.05, 0) is 12.8 Å². The van der Waals surface area contributed by atoms with Gasteiger partial charge in [0.1, 0.15) is 6.61 Å². The summed E-state index contributed by atoms with van der Waals surface area (Å²) in [6, 6.07) is 0. The van der Waals surface area contributed by atoms with Crippen LogP contribution in [0.4, 0.5) is 0 Å². The number of unbranched alkanes of at least 4 members (excludes halogenated alkanes) is 26. The minimum atomic E-state index is 0.142. The Hall–Kier alpha value is -0.650. The van der Waals surface area contributed by atoms with Gasteiger partial charge in [0.2, 0.25) is 5.91 Å². The van der Waals surface area contributed by atoms with E-state index >= 15 is 0 Å². The second-order valence-corrected chi connectivity index (χ2v) is 13.0. The van der Waals surface area contributed by atoms with Crippen LogP contribution in [0.3, 0.4) is 0 Å². The van der Waals surface area contributed by atoms with Crippen LogP contribution >= 0.6 is 0 Å². The number of hydrogen-bond acceptors (Lipinski definition) is 4. The van der Waals surface area contributed by atoms with Crippen LogP contribution < -0.4 is 5.73 Å². The predicted molar refractivity (Wildman–Crippen MR) is 188 cm³/mol. The van der Waals surface area contributed by atoms with Crippen molar-refractivity contribution in [3.8, 4) is 0 Å². The normalized spacial score (nSPS) is 11.4. The minimum absolute atomic E-state index is 0.142. The first-order valence-electron chi connectivity index (χ1n) is 19.4. The smallest absolute Gasteiger partial charge is 0.248 e. The quantitative estimate of drug-likeness (QED) is 0.0711. The number of rotatable bonds is 37. The lowest BCUT2D eigenvalue weighted by Gasteiger charge is -2.23. The predicted octanol–water partition coefficient (Wildman–Crippen LogP) is 10.8. The molecule has 0 radical (unpaired) electrons. The molecule has 0 aliphatic rings. The molecular weight excluding hydrogens is 532 g/mol. The van der Waals surface area contributed by atoms with Gasteiger partial charge in [0.05, 0.1) is 19.8 Å². The van der Waals surface area contributed by atoms with Crippen molar-refractivity contribution in [3.05, 3.63) is 0 Å². The molecule has 0 heterocycles. The Balaban J connectivity index is 3.94. The molecule has 0 atom stereocenters. The second-order valence-electron chi connectivity index (χ2n) is 13.0. The molecule has 2 N–H and O–H groups in total. The number of amides is 1. The van der Waals surface area contributed by atoms with Gasteiger partial charge in [-0.3, -0.25) is 4.79 Å². The summed E-state index contributed by atoms with van der Waals surface area (Å²) in [5.74, 6) is 0.142. The van der Waals surface area contributed by atoms with Crippen LogP contribution in [0, 0.1) is 0 Å². The van der Waals surface area contributed by atoms with Gasteiger partial charge in [-0.2, -0.15) is 0 Å². The lowest BCUT2D eigenvalue weighted by molar-refractivity contribution is -0.136. The average molecular weight is 611 g/mol. The third-order valence-electron chi connectivity index (χ3n) is 8.78. The van der Waals surface area contributed by atoms with E-state index in [0.717, 1.165) is 25.9 Å². The standard InChI is InChI=1S/C38H78N2O3/c1-3-5-7-9-11-13-15-17-19-21-23-25-27-29-32-40(38(41)37-43-36-35-42-34-31-39)33-30-28-26-24-22-20-18-16-14-12-10-8-6-4-2/h3-37,39H2,1-2H3. The largest absolute Gasteiger partial charge is 0.378 e. The van der Waals surface area contributed by atoms with E-state index in [2.05, 4.69) is 18.7 Å². The lowest BCUT2D eigenvalue weighted by atomic mass is 10.0. The Labute approximate surface area is 270 Å². The molecule has 0 aromatic heterocycles. The van der Waals surface area contributed by atoms with Gasteiger partial charge in [0.25, 0.3) is 0 Å². The first-order valence-corrected chi connectivity index (χ1v) is 19.4. The van der Waals surface area contributed by atoms with Crippen LogP contribution in [0.25, 0.3) is 0 Å². The van der Waals surface area contributed by atoms with E-state index in [1.165, 1.54) is 167 Å². The maximum atomic E-state index is 12.9. The van der Waals surface area contributed by atoms with Crippen LogP contribution in [0.5, 0.6) is 0 Å². The highest BCUT2D eigenvalue weighted by Crippen LogP contribution is 2.15. The molecule has 0 fully saturated rings. The van der Waals surface area contributed by atoms with Crippen LogP contribution in [0.1, 0.15) is 194 Å². The first-order chi connectivity index (χ1) is 21.3. The van der Waals surface area contributed by atoms with Gasteiger partial charge in [-0.15, -0.1) is 0 Å². The molecule has 1 amide bonds. The maximum Gasteiger partial charge on any atom is 0.248 e. The summed E-state index contributed by atoms with van der Waals surface area (Å²) in [5.41, 5.74) is 5.46. The zero-order valence-corrected chi connectivity index (χ0v) is 29.5. The van der Waals surface area contributed by atoms with Crippen molar-refractivity contribution in [1.29, 1.82) is 0 Å². The Morgan fingerprint density at radius 1 is 0.442 bits per heavy atom. The van der Waals surface area contributed by atoms with Gasteiger partial charge in [0.15, 0.2) is 0 Å². The van der Waals surface area contributed by atoms with Crippen molar-refractivity contribution in [3.63, 3.8) is 0 Å². The third kappa shape index (κ3) is 34.1. The van der Waals surface area contributed by atoms with Crippen molar-refractivity contribution < 1.29 is 14.3 Å². The zero-order chi connectivity index (χ0) is 31.3. The molecule has 5 nitrogen and oxygen atoms in total. The zero-order valence-electron chi connectivity index (χ0n) is 29.5. The Bertz CT molecular complexity index is 499. The first kappa shape index (κ1) is 42.3. The van der Waals surface area contributed by atoms with Gasteiger partial charge >= 0.3 is 0 Å². The molecule has 0 bridgehead atoms. The van der Waals surface area contributed by atoms with Gasteiger partial charge in [-0.25, -0.2) is 0 Å². The van der Waals surface area contributed by atoms with E-state index in [1.54, 1.807) is 0 Å². The Kier molecular flexibility index (Phi) is 37.0. The number of carbonyl (C=O) groups is 1. The van der Waals surface area contributed by atoms with Crippen molar-refractivity contribution >= 4 is 5.91 Å². The van der Waals surface area contributed by atoms with Crippen molar-refractivity contribution in [2.24, 2.45) is 5.73 Å². The number of hydrogen-bond donors (Lipinski definition) is 1. The summed E-state index contributed by atoms with van der Waals surface area (Å²) in [7, 11) is 0. The SMILES string of the molecule is CCCCCCCCCCCCCCCCN(CCCCCCCCCCCCCCCC)C(=O)COCCOCCN. The highest BCUT2D eigenvalue weighted by atomic mass is 16.5. The average Bonchev–Trinajstić information content (AvgIpc) is 3.01. The molecule has 0 aliphatic heterocycles. The fourth-order valence-electron chi connectivity index (χ4n) is 5.91. The van der Waals surface area contributed by atoms with Crippen molar-refractivity contribution in [1.82, 2.24) is 4.90 Å². The number of carbonyl (C=O) groups excluding carboxylic acids is 1. The summed E-state index contributed by atoms with van der Waals surface area (Å²) in [4.78, 5) is 15.0. The number of ether oxygens (including phenoxy) is 2. The molecule has 43 heavy (non-hydrogen) atoms. The van der Waals surface area contributed by atoms with E-state index in [0.29, 0.717) is 26.4 Å². The van der Waals surface area contributed by atoms with Crippen molar-refractivity contribution in [2.75, 3.05) is 46.1 Å². The minimum Gasteiger partial charge on any atom is -0.378 e. The van der Waals surface area contributed by atoms with Crippen LogP contribution in [0.15, 0.2) is 0 Å². The van der Waals surface area contributed by atoms with E-state index in [1.807, 2.05) is 0 Å². The molecule has 0 spiro atoms. The lowest BCUT2D eigenvalue weighted by Crippen LogP contribution is -2.36.